The highest BCUT2D eigenvalue weighted by molar-refractivity contribution is 6.42. The third kappa shape index (κ3) is 3.54. The van der Waals surface area contributed by atoms with Gasteiger partial charge in [-0.15, -0.1) is 0 Å². The van der Waals surface area contributed by atoms with Gasteiger partial charge in [-0.05, 0) is 81.4 Å². The van der Waals surface area contributed by atoms with E-state index in [2.05, 4.69) is 17.3 Å². The zero-order valence-corrected chi connectivity index (χ0v) is 22.3. The number of halogens is 2. The van der Waals surface area contributed by atoms with Crippen molar-refractivity contribution in [3.05, 3.63) is 56.6 Å². The van der Waals surface area contributed by atoms with Gasteiger partial charge in [-0.2, -0.15) is 0 Å². The number of benzene rings is 2. The molecule has 6 atom stereocenters. The number of nitrogens with zero attached hydrogens (tertiary/aromatic N) is 1. The van der Waals surface area contributed by atoms with Crippen molar-refractivity contribution in [1.29, 1.82) is 0 Å². The van der Waals surface area contributed by atoms with Gasteiger partial charge in [-0.3, -0.25) is 9.59 Å². The Morgan fingerprint density at radius 3 is 2.76 bits per heavy atom. The fraction of sp³-hybridized carbons (Fsp3) is 0.500. The monoisotopic (exact) mass is 544 g/mol. The molecule has 1 saturated heterocycles. The molecular formula is C28H30Cl2N2O5. The number of rotatable bonds is 5. The van der Waals surface area contributed by atoms with Crippen LogP contribution >= 0.6 is 23.2 Å². The molecule has 196 valence electrons. The number of likely N-dealkylation sites (N-methyl/N-ethyl adjacent to an activating group) is 1. The zero-order valence-electron chi connectivity index (χ0n) is 20.8. The van der Waals surface area contributed by atoms with Crippen molar-refractivity contribution >= 4 is 34.9 Å². The summed E-state index contributed by atoms with van der Waals surface area (Å²) in [5.41, 5.74) is 2.52. The van der Waals surface area contributed by atoms with Crippen LogP contribution < -0.4 is 10.1 Å². The number of phenolic OH excluding ortho intramolecular Hbond substituents is 1. The lowest BCUT2D eigenvalue weighted by atomic mass is 9.51. The van der Waals surface area contributed by atoms with Crippen molar-refractivity contribution in [2.45, 2.75) is 62.1 Å². The van der Waals surface area contributed by atoms with E-state index in [1.165, 1.54) is 0 Å². The van der Waals surface area contributed by atoms with Gasteiger partial charge in [-0.1, -0.05) is 29.3 Å². The molecule has 37 heavy (non-hydrogen) atoms. The fourth-order valence-electron chi connectivity index (χ4n) is 7.50. The lowest BCUT2D eigenvalue weighted by Gasteiger charge is -2.59. The number of carbonyl (C=O) groups excluding carboxylic acids is 2. The molecule has 7 nitrogen and oxygen atoms in total. The van der Waals surface area contributed by atoms with E-state index < -0.39 is 18.3 Å². The van der Waals surface area contributed by atoms with E-state index in [4.69, 9.17) is 27.9 Å². The number of aliphatic hydroxyl groups is 1. The van der Waals surface area contributed by atoms with E-state index in [-0.39, 0.29) is 40.8 Å². The average molecular weight is 545 g/mol. The Kier molecular flexibility index (Phi) is 5.99. The van der Waals surface area contributed by atoms with Crippen molar-refractivity contribution in [3.8, 4) is 11.5 Å². The molecule has 1 amide bonds. The summed E-state index contributed by atoms with van der Waals surface area (Å²) in [6, 6.07) is 7.00. The standard InChI is InChI=1S/C28H30Cl2N2O5/c1-13(14-3-5-18(29)19(30)10-14)27(36)31-20-6-4-17-21-11-15-9-16(22(34)12-33)24(35)25-23(15)28(17,26(20)37-25)7-8-32(21)2/h3,5,9-10,13,17,20-21,26,33,35H,4,6-8,11-12H2,1-2H3,(H,31,36)/t13?,17-,20?,21+,26?,28-/m0/s1. The summed E-state index contributed by atoms with van der Waals surface area (Å²) in [4.78, 5) is 28.3. The van der Waals surface area contributed by atoms with Gasteiger partial charge in [0.1, 0.15) is 12.7 Å². The van der Waals surface area contributed by atoms with E-state index in [1.807, 2.05) is 13.0 Å². The molecule has 9 heteroatoms. The number of ketones is 1. The number of hydrogen-bond donors (Lipinski definition) is 3. The van der Waals surface area contributed by atoms with Crippen LogP contribution in [-0.4, -0.2) is 65.2 Å². The van der Waals surface area contributed by atoms with Crippen LogP contribution in [-0.2, 0) is 16.6 Å². The molecular weight excluding hydrogens is 515 g/mol. The predicted octanol–water partition coefficient (Wildman–Crippen LogP) is 3.83. The number of ether oxygens (including phenoxy) is 1. The third-order valence-corrected chi connectivity index (χ3v) is 10.1. The molecule has 3 N–H and O–H groups in total. The van der Waals surface area contributed by atoms with Gasteiger partial charge < -0.3 is 25.2 Å². The smallest absolute Gasteiger partial charge is 0.227 e. The van der Waals surface area contributed by atoms with Crippen molar-refractivity contribution in [3.63, 3.8) is 0 Å². The van der Waals surface area contributed by atoms with E-state index in [9.17, 15) is 19.8 Å². The highest BCUT2D eigenvalue weighted by Gasteiger charge is 2.66. The van der Waals surface area contributed by atoms with Crippen LogP contribution in [0.5, 0.6) is 11.5 Å². The van der Waals surface area contributed by atoms with E-state index in [0.717, 1.165) is 48.9 Å². The summed E-state index contributed by atoms with van der Waals surface area (Å²) in [6.45, 7) is 2.04. The molecule has 2 aromatic carbocycles. The van der Waals surface area contributed by atoms with Crippen molar-refractivity contribution < 1.29 is 24.5 Å². The van der Waals surface area contributed by atoms with Crippen LogP contribution in [0.2, 0.25) is 10.0 Å². The summed E-state index contributed by atoms with van der Waals surface area (Å²) < 4.78 is 6.56. The maximum atomic E-state index is 13.4. The van der Waals surface area contributed by atoms with Crippen molar-refractivity contribution in [1.82, 2.24) is 10.2 Å². The highest BCUT2D eigenvalue weighted by atomic mass is 35.5. The molecule has 4 aliphatic rings. The second-order valence-electron chi connectivity index (χ2n) is 11.0. The molecule has 6 rings (SSSR count). The van der Waals surface area contributed by atoms with Crippen LogP contribution in [0.4, 0.5) is 0 Å². The van der Waals surface area contributed by atoms with Gasteiger partial charge in [0.2, 0.25) is 5.91 Å². The topological polar surface area (TPSA) is 99.1 Å². The third-order valence-electron chi connectivity index (χ3n) is 9.32. The predicted molar refractivity (Wildman–Crippen MR) is 140 cm³/mol. The molecule has 2 aliphatic heterocycles. The zero-order chi connectivity index (χ0) is 26.2. The maximum absolute atomic E-state index is 13.4. The number of piperidine rings is 1. The van der Waals surface area contributed by atoms with Crippen LogP contribution in [0.3, 0.4) is 0 Å². The largest absolute Gasteiger partial charge is 0.504 e. The van der Waals surface area contributed by atoms with E-state index >= 15 is 0 Å². The summed E-state index contributed by atoms with van der Waals surface area (Å²) >= 11 is 12.3. The number of aromatic hydroxyl groups is 1. The average Bonchev–Trinajstić information content (AvgIpc) is 3.24. The van der Waals surface area contributed by atoms with Crippen LogP contribution in [0.1, 0.15) is 59.2 Å². The number of aliphatic hydroxyl groups excluding tert-OH is 1. The first-order valence-electron chi connectivity index (χ1n) is 12.8. The van der Waals surface area contributed by atoms with Gasteiger partial charge in [0.25, 0.3) is 0 Å². The lowest BCUT2D eigenvalue weighted by Crippen LogP contribution is -2.68. The Labute approximate surface area is 225 Å². The lowest BCUT2D eigenvalue weighted by molar-refractivity contribution is -0.125. The van der Waals surface area contributed by atoms with Crippen LogP contribution in [0.15, 0.2) is 24.3 Å². The van der Waals surface area contributed by atoms with Gasteiger partial charge in [-0.25, -0.2) is 0 Å². The molecule has 2 heterocycles. The number of hydrogen-bond acceptors (Lipinski definition) is 6. The second kappa shape index (κ2) is 8.87. The molecule has 1 saturated carbocycles. The summed E-state index contributed by atoms with van der Waals surface area (Å²) in [7, 11) is 2.14. The molecule has 1 spiro atoms. The molecule has 2 bridgehead atoms. The minimum absolute atomic E-state index is 0.0966. The normalized spacial score (nSPS) is 30.3. The Hall–Kier alpha value is -2.32. The van der Waals surface area contributed by atoms with Gasteiger partial charge >= 0.3 is 0 Å². The number of Topliss-reactive ketones (excluding diaryl/α,β-unsaturated/α-hetero) is 1. The number of amides is 1. The summed E-state index contributed by atoms with van der Waals surface area (Å²) in [6.07, 6.45) is 2.94. The highest BCUT2D eigenvalue weighted by Crippen LogP contribution is 2.64. The van der Waals surface area contributed by atoms with Gasteiger partial charge in [0.05, 0.1) is 27.6 Å². The molecule has 3 unspecified atom stereocenters. The fourth-order valence-corrected chi connectivity index (χ4v) is 7.81. The molecule has 0 radical (unpaired) electrons. The number of phenols is 1. The second-order valence-corrected chi connectivity index (χ2v) is 11.8. The summed E-state index contributed by atoms with van der Waals surface area (Å²) in [5.74, 6) is -0.627. The minimum Gasteiger partial charge on any atom is -0.504 e. The Morgan fingerprint density at radius 1 is 1.24 bits per heavy atom. The van der Waals surface area contributed by atoms with Crippen molar-refractivity contribution in [2.75, 3.05) is 20.2 Å². The van der Waals surface area contributed by atoms with Crippen molar-refractivity contribution in [2.24, 2.45) is 5.92 Å². The first-order chi connectivity index (χ1) is 17.7. The first kappa shape index (κ1) is 25.0. The Morgan fingerprint density at radius 2 is 2.03 bits per heavy atom. The SMILES string of the molecule is CC(C(=O)NC1CC[C@H]2[C@H]3Cc4cc(C(=O)CO)c(O)c5c4[C@@]2(CCN3C)C1O5)c1ccc(Cl)c(Cl)c1. The van der Waals surface area contributed by atoms with Gasteiger partial charge in [0, 0.05) is 17.0 Å². The number of likely N-dealkylation sites (tertiary alicyclic amines) is 1. The maximum Gasteiger partial charge on any atom is 0.227 e. The number of carbonyl (C=O) groups is 2. The Balaban J connectivity index is 1.38. The quantitative estimate of drug-likeness (QED) is 0.494. The van der Waals surface area contributed by atoms with E-state index in [0.29, 0.717) is 21.7 Å². The molecule has 2 fully saturated rings. The minimum atomic E-state index is -0.683. The number of nitrogens with one attached hydrogen (secondary N) is 1. The van der Waals surface area contributed by atoms with E-state index in [1.54, 1.807) is 18.2 Å². The molecule has 2 aliphatic carbocycles. The summed E-state index contributed by atoms with van der Waals surface area (Å²) in [5, 5.41) is 24.7. The van der Waals surface area contributed by atoms with Crippen LogP contribution in [0, 0.1) is 5.92 Å². The van der Waals surface area contributed by atoms with Gasteiger partial charge in [0.15, 0.2) is 17.3 Å². The molecule has 0 aromatic heterocycles. The Bertz CT molecular complexity index is 1320. The molecule has 2 aromatic rings. The first-order valence-corrected chi connectivity index (χ1v) is 13.6. The van der Waals surface area contributed by atoms with Crippen LogP contribution in [0.25, 0.3) is 0 Å².